The van der Waals surface area contributed by atoms with Crippen LogP contribution in [-0.4, -0.2) is 5.91 Å². The maximum Gasteiger partial charge on any atom is 0.266 e. The smallest absolute Gasteiger partial charge is 0.266 e. The van der Waals surface area contributed by atoms with Gasteiger partial charge in [0.15, 0.2) is 0 Å². The second-order valence-corrected chi connectivity index (χ2v) is 9.13. The summed E-state index contributed by atoms with van der Waals surface area (Å²) in [5.74, 6) is 0.235. The van der Waals surface area contributed by atoms with Crippen LogP contribution in [0, 0.1) is 36.7 Å². The number of anilines is 1. The molecule has 0 saturated carbocycles. The molecule has 0 unspecified atom stereocenters. The molecule has 0 fully saturated rings. The van der Waals surface area contributed by atoms with Gasteiger partial charge in [-0.25, -0.2) is 0 Å². The number of aryl methyl sites for hydroxylation is 1. The number of halogens is 2. The lowest BCUT2D eigenvalue weighted by Crippen LogP contribution is -2.14. The van der Waals surface area contributed by atoms with E-state index >= 15 is 0 Å². The van der Waals surface area contributed by atoms with E-state index in [9.17, 15) is 15.3 Å². The van der Waals surface area contributed by atoms with Gasteiger partial charge < -0.3 is 10.1 Å². The number of hydrogen-bond donors (Lipinski definition) is 1. The fourth-order valence-electron chi connectivity index (χ4n) is 2.92. The van der Waals surface area contributed by atoms with E-state index in [4.69, 9.17) is 4.74 Å². The van der Waals surface area contributed by atoms with Gasteiger partial charge in [0.05, 0.1) is 18.8 Å². The largest absolute Gasteiger partial charge is 0.487 e. The Hall–Kier alpha value is -2.89. The van der Waals surface area contributed by atoms with Gasteiger partial charge in [0.2, 0.25) is 0 Å². The highest BCUT2D eigenvalue weighted by Crippen LogP contribution is 2.31. The molecule has 0 bridgehead atoms. The molecule has 0 aromatic heterocycles. The zero-order valence-corrected chi connectivity index (χ0v) is 21.3. The Morgan fingerprint density at radius 3 is 2.38 bits per heavy atom. The molecule has 1 N–H and O–H groups in total. The number of nitrogens with zero attached hydrogens (tertiary/aromatic N) is 2. The van der Waals surface area contributed by atoms with Crippen molar-refractivity contribution >= 4 is 62.9 Å². The number of ether oxygens (including phenoxy) is 1. The number of carbonyl (C=O) groups excluding carboxylic acids is 1. The molecule has 0 aliphatic carbocycles. The van der Waals surface area contributed by atoms with Crippen LogP contribution >= 0.6 is 45.2 Å². The number of hydrogen-bond acceptors (Lipinski definition) is 4. The van der Waals surface area contributed by atoms with Crippen molar-refractivity contribution in [3.05, 3.63) is 95.6 Å². The van der Waals surface area contributed by atoms with Crippen LogP contribution in [0.25, 0.3) is 6.08 Å². The molecule has 0 spiro atoms. The summed E-state index contributed by atoms with van der Waals surface area (Å²) >= 11 is 4.33. The number of nitriles is 2. The lowest BCUT2D eigenvalue weighted by molar-refractivity contribution is -0.112. The van der Waals surface area contributed by atoms with E-state index < -0.39 is 5.91 Å². The third kappa shape index (κ3) is 5.87. The molecule has 3 aromatic rings. The van der Waals surface area contributed by atoms with Crippen LogP contribution in [0.5, 0.6) is 5.75 Å². The van der Waals surface area contributed by atoms with E-state index in [1.165, 1.54) is 0 Å². The first-order chi connectivity index (χ1) is 15.4. The van der Waals surface area contributed by atoms with E-state index in [-0.39, 0.29) is 12.2 Å². The Morgan fingerprint density at radius 2 is 1.72 bits per heavy atom. The summed E-state index contributed by atoms with van der Waals surface area (Å²) < 4.78 is 7.67. The zero-order valence-electron chi connectivity index (χ0n) is 17.0. The van der Waals surface area contributed by atoms with Gasteiger partial charge in [0, 0.05) is 11.3 Å². The molecule has 7 heteroatoms. The van der Waals surface area contributed by atoms with Gasteiger partial charge in [-0.2, -0.15) is 10.5 Å². The quantitative estimate of drug-likeness (QED) is 0.197. The van der Waals surface area contributed by atoms with Crippen molar-refractivity contribution in [2.24, 2.45) is 0 Å². The zero-order chi connectivity index (χ0) is 23.1. The van der Waals surface area contributed by atoms with E-state index in [1.807, 2.05) is 61.5 Å². The van der Waals surface area contributed by atoms with Gasteiger partial charge in [0.25, 0.3) is 5.91 Å². The number of nitrogens with one attached hydrogen (secondary N) is 1. The van der Waals surface area contributed by atoms with Crippen molar-refractivity contribution < 1.29 is 9.53 Å². The van der Waals surface area contributed by atoms with Crippen LogP contribution in [0.1, 0.15) is 22.3 Å². The van der Waals surface area contributed by atoms with Crippen LogP contribution in [0.2, 0.25) is 0 Å². The van der Waals surface area contributed by atoms with Gasteiger partial charge in [-0.15, -0.1) is 0 Å². The maximum absolute atomic E-state index is 12.6. The molecule has 0 saturated heterocycles. The number of benzene rings is 3. The Labute approximate surface area is 214 Å². The third-order valence-electron chi connectivity index (χ3n) is 4.60. The van der Waals surface area contributed by atoms with Gasteiger partial charge in [0.1, 0.15) is 24.0 Å². The second kappa shape index (κ2) is 11.1. The van der Waals surface area contributed by atoms with Crippen molar-refractivity contribution in [3.63, 3.8) is 0 Å². The highest BCUT2D eigenvalue weighted by Gasteiger charge is 2.14. The summed E-state index contributed by atoms with van der Waals surface area (Å²) in [6.45, 7) is 2.16. The molecule has 0 aliphatic rings. The van der Waals surface area contributed by atoms with Crippen molar-refractivity contribution in [1.29, 1.82) is 10.5 Å². The Bertz CT molecular complexity index is 1260. The average Bonchev–Trinajstić information content (AvgIpc) is 2.78. The Kier molecular flexibility index (Phi) is 8.26. The lowest BCUT2D eigenvalue weighted by Gasteiger charge is -2.12. The van der Waals surface area contributed by atoms with Crippen LogP contribution < -0.4 is 10.1 Å². The number of rotatable bonds is 6. The number of amides is 1. The van der Waals surface area contributed by atoms with Gasteiger partial charge in [-0.1, -0.05) is 36.4 Å². The van der Waals surface area contributed by atoms with E-state index in [0.717, 1.165) is 23.8 Å². The summed E-state index contributed by atoms with van der Waals surface area (Å²) in [6, 6.07) is 22.6. The minimum Gasteiger partial charge on any atom is -0.487 e. The first-order valence-corrected chi connectivity index (χ1v) is 11.7. The molecule has 0 heterocycles. The van der Waals surface area contributed by atoms with Gasteiger partial charge in [-0.05, 0) is 93.6 Å². The van der Waals surface area contributed by atoms with Crippen molar-refractivity contribution in [3.8, 4) is 17.9 Å². The lowest BCUT2D eigenvalue weighted by atomic mass is 10.1. The van der Waals surface area contributed by atoms with Crippen LogP contribution in [0.4, 0.5) is 5.69 Å². The summed E-state index contributed by atoms with van der Waals surface area (Å²) in [7, 11) is 0. The predicted molar refractivity (Wildman–Crippen MR) is 141 cm³/mol. The van der Waals surface area contributed by atoms with E-state index in [1.54, 1.807) is 18.2 Å². The minimum atomic E-state index is -0.458. The Balaban J connectivity index is 1.80. The normalized spacial score (nSPS) is 10.7. The standard InChI is InChI=1S/C25H17I2N3O2/c1-16-6-2-5-9-23(16)30-25(31)20(14-29)10-17-11-21(26)24(22(27)12-17)32-15-19-8-4-3-7-18(19)13-28/h2-12H,15H2,1H3,(H,30,31)/b20-10-. The topological polar surface area (TPSA) is 85.9 Å². The van der Waals surface area contributed by atoms with Gasteiger partial charge in [-0.3, -0.25) is 4.79 Å². The fraction of sp³-hybridized carbons (Fsp3) is 0.0800. The Morgan fingerprint density at radius 1 is 1.06 bits per heavy atom. The molecule has 0 radical (unpaired) electrons. The summed E-state index contributed by atoms with van der Waals surface area (Å²) in [5, 5.41) is 21.6. The van der Waals surface area contributed by atoms with Crippen LogP contribution in [0.15, 0.2) is 66.2 Å². The maximum atomic E-state index is 12.6. The molecule has 1 amide bonds. The highest BCUT2D eigenvalue weighted by atomic mass is 127. The summed E-state index contributed by atoms with van der Waals surface area (Å²) in [5.41, 5.74) is 3.71. The van der Waals surface area contributed by atoms with Crippen LogP contribution in [0.3, 0.4) is 0 Å². The van der Waals surface area contributed by atoms with Crippen molar-refractivity contribution in [1.82, 2.24) is 0 Å². The second-order valence-electron chi connectivity index (χ2n) is 6.81. The highest BCUT2D eigenvalue weighted by molar-refractivity contribution is 14.1. The summed E-state index contributed by atoms with van der Waals surface area (Å²) in [4.78, 5) is 12.6. The average molecular weight is 645 g/mol. The van der Waals surface area contributed by atoms with E-state index in [2.05, 4.69) is 56.6 Å². The van der Waals surface area contributed by atoms with Crippen LogP contribution in [-0.2, 0) is 11.4 Å². The predicted octanol–water partition coefficient (Wildman–Crippen LogP) is 6.20. The number of carbonyl (C=O) groups is 1. The molecule has 0 atom stereocenters. The SMILES string of the molecule is Cc1ccccc1NC(=O)/C(C#N)=C\c1cc(I)c(OCc2ccccc2C#N)c(I)c1. The first kappa shape index (κ1) is 23.8. The fourth-order valence-corrected chi connectivity index (χ4v) is 5.05. The first-order valence-electron chi connectivity index (χ1n) is 9.51. The molecular weight excluding hydrogens is 628 g/mol. The third-order valence-corrected chi connectivity index (χ3v) is 6.20. The molecule has 3 aromatic carbocycles. The molecule has 32 heavy (non-hydrogen) atoms. The van der Waals surface area contributed by atoms with E-state index in [0.29, 0.717) is 17.0 Å². The number of para-hydroxylation sites is 1. The van der Waals surface area contributed by atoms with Crippen molar-refractivity contribution in [2.45, 2.75) is 13.5 Å². The minimum absolute atomic E-state index is 0.0106. The van der Waals surface area contributed by atoms with Crippen molar-refractivity contribution in [2.75, 3.05) is 5.32 Å². The van der Waals surface area contributed by atoms with Gasteiger partial charge >= 0.3 is 0 Å². The monoisotopic (exact) mass is 645 g/mol. The molecule has 5 nitrogen and oxygen atoms in total. The summed E-state index contributed by atoms with van der Waals surface area (Å²) in [6.07, 6.45) is 1.56. The molecule has 0 aliphatic heterocycles. The molecular formula is C25H17I2N3O2. The molecule has 158 valence electrons. The molecule has 3 rings (SSSR count).